The minimum atomic E-state index is -0.0734. The fourth-order valence-corrected chi connectivity index (χ4v) is 2.58. The van der Waals surface area contributed by atoms with Crippen molar-refractivity contribution in [2.75, 3.05) is 18.5 Å². The summed E-state index contributed by atoms with van der Waals surface area (Å²) in [7, 11) is 0. The SMILES string of the molecule is O=C(CCCOc1ccc(Cl)cc1Cl)Nc1ccc(CCO)cc1. The van der Waals surface area contributed by atoms with E-state index < -0.39 is 0 Å². The van der Waals surface area contributed by atoms with Crippen LogP contribution in [-0.2, 0) is 11.2 Å². The monoisotopic (exact) mass is 367 g/mol. The molecule has 6 heteroatoms. The molecule has 2 aromatic carbocycles. The number of hydrogen-bond acceptors (Lipinski definition) is 3. The highest BCUT2D eigenvalue weighted by Crippen LogP contribution is 2.27. The molecule has 0 saturated carbocycles. The number of nitrogens with one attached hydrogen (secondary N) is 1. The summed E-state index contributed by atoms with van der Waals surface area (Å²) >= 11 is 11.8. The van der Waals surface area contributed by atoms with E-state index in [9.17, 15) is 4.79 Å². The number of rotatable bonds is 8. The van der Waals surface area contributed by atoms with Crippen LogP contribution < -0.4 is 10.1 Å². The number of anilines is 1. The van der Waals surface area contributed by atoms with Gasteiger partial charge in [-0.2, -0.15) is 0 Å². The number of halogens is 2. The Bertz CT molecular complexity index is 674. The molecular weight excluding hydrogens is 349 g/mol. The summed E-state index contributed by atoms with van der Waals surface area (Å²) in [5, 5.41) is 12.7. The maximum absolute atomic E-state index is 11.9. The lowest BCUT2D eigenvalue weighted by molar-refractivity contribution is -0.116. The maximum atomic E-state index is 11.9. The molecule has 0 fully saturated rings. The highest BCUT2D eigenvalue weighted by molar-refractivity contribution is 6.35. The first kappa shape index (κ1) is 18.6. The molecule has 0 bridgehead atoms. The zero-order valence-corrected chi connectivity index (χ0v) is 14.6. The molecule has 0 saturated heterocycles. The third-order valence-electron chi connectivity index (χ3n) is 3.34. The van der Waals surface area contributed by atoms with Gasteiger partial charge in [0.25, 0.3) is 0 Å². The molecule has 0 unspecified atom stereocenters. The van der Waals surface area contributed by atoms with Gasteiger partial charge < -0.3 is 15.2 Å². The van der Waals surface area contributed by atoms with Crippen LogP contribution in [0.2, 0.25) is 10.0 Å². The summed E-state index contributed by atoms with van der Waals surface area (Å²) in [6.45, 7) is 0.507. The number of aliphatic hydroxyl groups is 1. The molecule has 2 N–H and O–H groups in total. The normalized spacial score (nSPS) is 10.5. The second-order valence-corrected chi connectivity index (χ2v) is 6.09. The van der Waals surface area contributed by atoms with E-state index in [4.69, 9.17) is 33.0 Å². The van der Waals surface area contributed by atoms with Gasteiger partial charge in [-0.1, -0.05) is 35.3 Å². The predicted octanol–water partition coefficient (Wildman–Crippen LogP) is 4.33. The molecule has 0 atom stereocenters. The fourth-order valence-electron chi connectivity index (χ4n) is 2.11. The minimum Gasteiger partial charge on any atom is -0.492 e. The molecule has 0 radical (unpaired) electrons. The van der Waals surface area contributed by atoms with Crippen LogP contribution in [0.4, 0.5) is 5.69 Å². The van der Waals surface area contributed by atoms with Crippen LogP contribution in [0.15, 0.2) is 42.5 Å². The standard InChI is InChI=1S/C18H19Cl2NO3/c19-14-5-8-17(16(20)12-14)24-11-1-2-18(23)21-15-6-3-13(4-7-15)9-10-22/h3-8,12,22H,1-2,9-11H2,(H,21,23). The largest absolute Gasteiger partial charge is 0.492 e. The average molecular weight is 368 g/mol. The summed E-state index contributed by atoms with van der Waals surface area (Å²) in [4.78, 5) is 11.9. The number of ether oxygens (including phenoxy) is 1. The predicted molar refractivity (Wildman–Crippen MR) is 97.1 cm³/mol. The summed E-state index contributed by atoms with van der Waals surface area (Å²) < 4.78 is 5.54. The van der Waals surface area contributed by atoms with Crippen LogP contribution in [-0.4, -0.2) is 24.2 Å². The van der Waals surface area contributed by atoms with Crippen molar-refractivity contribution in [1.82, 2.24) is 0 Å². The van der Waals surface area contributed by atoms with Crippen molar-refractivity contribution in [1.29, 1.82) is 0 Å². The Hall–Kier alpha value is -1.75. The molecule has 0 aromatic heterocycles. The van der Waals surface area contributed by atoms with Crippen molar-refractivity contribution in [2.24, 2.45) is 0 Å². The molecule has 0 aliphatic rings. The van der Waals surface area contributed by atoms with E-state index in [1.807, 2.05) is 24.3 Å². The Balaban J connectivity index is 1.71. The fraction of sp³-hybridized carbons (Fsp3) is 0.278. The van der Waals surface area contributed by atoms with Gasteiger partial charge in [-0.3, -0.25) is 4.79 Å². The second kappa shape index (κ2) is 9.52. The van der Waals surface area contributed by atoms with Gasteiger partial charge in [0.1, 0.15) is 5.75 Å². The minimum absolute atomic E-state index is 0.0734. The highest BCUT2D eigenvalue weighted by atomic mass is 35.5. The number of carbonyl (C=O) groups is 1. The second-order valence-electron chi connectivity index (χ2n) is 5.25. The molecule has 2 aromatic rings. The van der Waals surface area contributed by atoms with Gasteiger partial charge in [0.2, 0.25) is 5.91 Å². The van der Waals surface area contributed by atoms with Crippen molar-refractivity contribution in [3.8, 4) is 5.75 Å². The van der Waals surface area contributed by atoms with Gasteiger partial charge in [-0.15, -0.1) is 0 Å². The van der Waals surface area contributed by atoms with E-state index in [0.29, 0.717) is 41.7 Å². The van der Waals surface area contributed by atoms with Crippen LogP contribution in [0.5, 0.6) is 5.75 Å². The molecule has 0 aliphatic heterocycles. The van der Waals surface area contributed by atoms with Crippen molar-refractivity contribution in [2.45, 2.75) is 19.3 Å². The number of benzene rings is 2. The van der Waals surface area contributed by atoms with Crippen molar-refractivity contribution >= 4 is 34.8 Å². The quantitative estimate of drug-likeness (QED) is 0.682. The number of carbonyl (C=O) groups excluding carboxylic acids is 1. The Morgan fingerprint density at radius 1 is 1.12 bits per heavy atom. The molecule has 2 rings (SSSR count). The Morgan fingerprint density at radius 2 is 1.88 bits per heavy atom. The summed E-state index contributed by atoms with van der Waals surface area (Å²) in [6.07, 6.45) is 1.54. The van der Waals surface area contributed by atoms with E-state index in [2.05, 4.69) is 5.32 Å². The smallest absolute Gasteiger partial charge is 0.224 e. The lowest BCUT2D eigenvalue weighted by atomic mass is 10.1. The van der Waals surface area contributed by atoms with E-state index in [0.717, 1.165) is 11.3 Å². The van der Waals surface area contributed by atoms with Gasteiger partial charge in [0.15, 0.2) is 0 Å². The highest BCUT2D eigenvalue weighted by Gasteiger charge is 2.05. The van der Waals surface area contributed by atoms with Crippen LogP contribution in [0, 0.1) is 0 Å². The molecule has 0 heterocycles. The van der Waals surface area contributed by atoms with E-state index in [-0.39, 0.29) is 12.5 Å². The van der Waals surface area contributed by atoms with Crippen LogP contribution in [0.25, 0.3) is 0 Å². The molecule has 0 spiro atoms. The van der Waals surface area contributed by atoms with E-state index >= 15 is 0 Å². The lowest BCUT2D eigenvalue weighted by Crippen LogP contribution is -2.12. The van der Waals surface area contributed by atoms with E-state index in [1.54, 1.807) is 18.2 Å². The zero-order valence-electron chi connectivity index (χ0n) is 13.1. The van der Waals surface area contributed by atoms with Crippen molar-refractivity contribution < 1.29 is 14.6 Å². The third-order valence-corrected chi connectivity index (χ3v) is 3.87. The number of hydrogen-bond donors (Lipinski definition) is 2. The third kappa shape index (κ3) is 6.04. The van der Waals surface area contributed by atoms with Crippen LogP contribution in [0.3, 0.4) is 0 Å². The van der Waals surface area contributed by atoms with Gasteiger partial charge in [0.05, 0.1) is 11.6 Å². The van der Waals surface area contributed by atoms with Crippen LogP contribution >= 0.6 is 23.2 Å². The molecule has 24 heavy (non-hydrogen) atoms. The lowest BCUT2D eigenvalue weighted by Gasteiger charge is -2.09. The summed E-state index contributed by atoms with van der Waals surface area (Å²) in [6, 6.07) is 12.5. The Morgan fingerprint density at radius 3 is 2.54 bits per heavy atom. The number of amides is 1. The summed E-state index contributed by atoms with van der Waals surface area (Å²) in [5.41, 5.74) is 1.77. The first-order chi connectivity index (χ1) is 11.6. The molecule has 1 amide bonds. The Kier molecular flexibility index (Phi) is 7.37. The number of aliphatic hydroxyl groups excluding tert-OH is 1. The first-order valence-electron chi connectivity index (χ1n) is 7.66. The van der Waals surface area contributed by atoms with Gasteiger partial charge in [0, 0.05) is 23.7 Å². The molecular formula is C18H19Cl2NO3. The maximum Gasteiger partial charge on any atom is 0.224 e. The summed E-state index contributed by atoms with van der Waals surface area (Å²) in [5.74, 6) is 0.483. The zero-order chi connectivity index (χ0) is 17.4. The first-order valence-corrected chi connectivity index (χ1v) is 8.41. The topological polar surface area (TPSA) is 58.6 Å². The van der Waals surface area contributed by atoms with Crippen molar-refractivity contribution in [3.05, 3.63) is 58.1 Å². The average Bonchev–Trinajstić information content (AvgIpc) is 2.55. The molecule has 0 aliphatic carbocycles. The van der Waals surface area contributed by atoms with Gasteiger partial charge in [-0.05, 0) is 48.7 Å². The van der Waals surface area contributed by atoms with E-state index in [1.165, 1.54) is 0 Å². The van der Waals surface area contributed by atoms with Gasteiger partial charge >= 0.3 is 0 Å². The van der Waals surface area contributed by atoms with Crippen molar-refractivity contribution in [3.63, 3.8) is 0 Å². The Labute approximate surface area is 151 Å². The molecule has 4 nitrogen and oxygen atoms in total. The molecule has 128 valence electrons. The van der Waals surface area contributed by atoms with Crippen LogP contribution in [0.1, 0.15) is 18.4 Å². The van der Waals surface area contributed by atoms with Gasteiger partial charge in [-0.25, -0.2) is 0 Å².